The summed E-state index contributed by atoms with van der Waals surface area (Å²) in [6, 6.07) is 11.9. The number of carbonyl (C=O) groups is 1. The number of anilines is 2. The second-order valence-corrected chi connectivity index (χ2v) is 9.22. The Morgan fingerprint density at radius 2 is 1.77 bits per heavy atom. The molecule has 2 aromatic carbocycles. The Morgan fingerprint density at radius 3 is 2.49 bits per heavy atom. The number of nitrogens with zero attached hydrogens (tertiary/aromatic N) is 4. The number of piperazine rings is 1. The van der Waals surface area contributed by atoms with Crippen molar-refractivity contribution in [2.75, 3.05) is 49.5 Å². The minimum Gasteiger partial charge on any atom is -0.344 e. The number of amides is 2. The highest BCUT2D eigenvalue weighted by atomic mass is 35.5. The first-order chi connectivity index (χ1) is 16.8. The van der Waals surface area contributed by atoms with Gasteiger partial charge < -0.3 is 15.5 Å². The van der Waals surface area contributed by atoms with Gasteiger partial charge in [-0.25, -0.2) is 9.78 Å². The van der Waals surface area contributed by atoms with E-state index in [9.17, 15) is 18.0 Å². The summed E-state index contributed by atoms with van der Waals surface area (Å²) < 4.78 is 43.7. The molecule has 1 fully saturated rings. The summed E-state index contributed by atoms with van der Waals surface area (Å²) in [4.78, 5) is 21.1. The molecule has 2 heterocycles. The number of aromatic nitrogens is 2. The Morgan fingerprint density at radius 1 is 1.06 bits per heavy atom. The van der Waals surface area contributed by atoms with Crippen molar-refractivity contribution in [2.24, 2.45) is 0 Å². The number of benzene rings is 2. The molecule has 0 aliphatic carbocycles. The number of carbonyl (C=O) groups excluding carboxylic acids is 1. The predicted octanol–water partition coefficient (Wildman–Crippen LogP) is 4.74. The van der Waals surface area contributed by atoms with Gasteiger partial charge in [0.15, 0.2) is 0 Å². The van der Waals surface area contributed by atoms with Gasteiger partial charge in [0.25, 0.3) is 0 Å². The van der Waals surface area contributed by atoms with E-state index in [1.165, 1.54) is 29.7 Å². The zero-order chi connectivity index (χ0) is 24.8. The highest BCUT2D eigenvalue weighted by Gasteiger charge is 2.33. The lowest BCUT2D eigenvalue weighted by Gasteiger charge is -2.34. The summed E-state index contributed by atoms with van der Waals surface area (Å²) in [6.45, 7) is 4.05. The topological polar surface area (TPSA) is 73.4 Å². The van der Waals surface area contributed by atoms with Crippen molar-refractivity contribution in [3.63, 3.8) is 0 Å². The van der Waals surface area contributed by atoms with Gasteiger partial charge in [-0.05, 0) is 29.8 Å². The highest BCUT2D eigenvalue weighted by Crippen LogP contribution is 2.34. The normalized spacial score (nSPS) is 14.7. The summed E-state index contributed by atoms with van der Waals surface area (Å²) in [5, 5.41) is 6.50. The van der Waals surface area contributed by atoms with E-state index in [1.807, 2.05) is 24.3 Å². The van der Waals surface area contributed by atoms with Gasteiger partial charge in [0.05, 0.1) is 11.3 Å². The fourth-order valence-electron chi connectivity index (χ4n) is 3.73. The van der Waals surface area contributed by atoms with Crippen LogP contribution in [0.1, 0.15) is 17.0 Å². The van der Waals surface area contributed by atoms with Crippen molar-refractivity contribution < 1.29 is 18.0 Å². The van der Waals surface area contributed by atoms with Crippen LogP contribution in [0.15, 0.2) is 48.5 Å². The predicted molar refractivity (Wildman–Crippen MR) is 131 cm³/mol. The number of hydrogen-bond donors (Lipinski definition) is 2. The summed E-state index contributed by atoms with van der Waals surface area (Å²) in [6.07, 6.45) is -3.89. The van der Waals surface area contributed by atoms with Crippen molar-refractivity contribution in [1.29, 1.82) is 0 Å². The molecule has 12 heteroatoms. The molecule has 0 spiro atoms. The van der Waals surface area contributed by atoms with E-state index in [4.69, 9.17) is 11.6 Å². The van der Waals surface area contributed by atoms with Crippen molar-refractivity contribution in [3.05, 3.63) is 70.5 Å². The SMILES string of the molecule is O=C(NCCN1CCN(c2nc(Cc3ccc(Cl)cc3)ns2)CC1)Nc1ccccc1C(F)(F)F. The van der Waals surface area contributed by atoms with Crippen LogP contribution in [-0.4, -0.2) is 59.6 Å². The van der Waals surface area contributed by atoms with Crippen LogP contribution < -0.4 is 15.5 Å². The lowest BCUT2D eigenvalue weighted by molar-refractivity contribution is -0.136. The molecular weight excluding hydrogens is 501 g/mol. The zero-order valence-corrected chi connectivity index (χ0v) is 20.3. The van der Waals surface area contributed by atoms with Crippen molar-refractivity contribution >= 4 is 40.0 Å². The van der Waals surface area contributed by atoms with Crippen LogP contribution >= 0.6 is 23.1 Å². The second kappa shape index (κ2) is 11.2. The average molecular weight is 525 g/mol. The molecule has 1 aliphatic rings. The van der Waals surface area contributed by atoms with E-state index < -0.39 is 17.8 Å². The van der Waals surface area contributed by atoms with E-state index in [2.05, 4.69) is 29.8 Å². The molecule has 1 aromatic heterocycles. The van der Waals surface area contributed by atoms with E-state index in [1.54, 1.807) is 0 Å². The quantitative estimate of drug-likeness (QED) is 0.467. The van der Waals surface area contributed by atoms with E-state index in [0.717, 1.165) is 48.8 Å². The van der Waals surface area contributed by atoms with Gasteiger partial charge in [0, 0.05) is 62.2 Å². The Bertz CT molecular complexity index is 1130. The van der Waals surface area contributed by atoms with Crippen LogP contribution in [0.5, 0.6) is 0 Å². The molecule has 2 amide bonds. The first-order valence-corrected chi connectivity index (χ1v) is 12.2. The molecule has 1 saturated heterocycles. The zero-order valence-electron chi connectivity index (χ0n) is 18.7. The minimum absolute atomic E-state index is 0.265. The van der Waals surface area contributed by atoms with E-state index >= 15 is 0 Å². The van der Waals surface area contributed by atoms with Crippen LogP contribution in [0, 0.1) is 0 Å². The average Bonchev–Trinajstić information content (AvgIpc) is 3.29. The number of rotatable bonds is 7. The Labute approximate surface area is 210 Å². The third kappa shape index (κ3) is 7.06. The molecule has 7 nitrogen and oxygen atoms in total. The van der Waals surface area contributed by atoms with Crippen molar-refractivity contribution in [3.8, 4) is 0 Å². The van der Waals surface area contributed by atoms with Gasteiger partial charge in [-0.15, -0.1) is 0 Å². The Hall–Kier alpha value is -2.89. The van der Waals surface area contributed by atoms with E-state index in [0.29, 0.717) is 24.5 Å². The molecular formula is C23H24ClF3N6OS. The third-order valence-electron chi connectivity index (χ3n) is 5.57. The molecule has 2 N–H and O–H groups in total. The Balaban J connectivity index is 1.19. The number of para-hydroxylation sites is 1. The maximum absolute atomic E-state index is 13.1. The lowest BCUT2D eigenvalue weighted by Crippen LogP contribution is -2.48. The molecule has 0 saturated carbocycles. The van der Waals surface area contributed by atoms with Gasteiger partial charge >= 0.3 is 12.2 Å². The standard InChI is InChI=1S/C23H24ClF3N6OS/c24-17-7-5-16(6-8-17)15-20-30-22(35-31-20)33-13-11-32(12-14-33)10-9-28-21(34)29-19-4-2-1-3-18(19)23(25,26)27/h1-8H,9-15H2,(H2,28,29,34). The number of urea groups is 1. The number of hydrogen-bond acceptors (Lipinski definition) is 6. The summed E-state index contributed by atoms with van der Waals surface area (Å²) in [7, 11) is 0. The molecule has 35 heavy (non-hydrogen) atoms. The lowest BCUT2D eigenvalue weighted by atomic mass is 10.1. The van der Waals surface area contributed by atoms with Gasteiger partial charge in [-0.1, -0.05) is 35.9 Å². The third-order valence-corrected chi connectivity index (χ3v) is 6.64. The molecule has 0 radical (unpaired) electrons. The van der Waals surface area contributed by atoms with Crippen LogP contribution in [0.25, 0.3) is 0 Å². The fourth-order valence-corrected chi connectivity index (χ4v) is 4.59. The number of alkyl halides is 3. The van der Waals surface area contributed by atoms with Crippen LogP contribution in [0.4, 0.5) is 28.8 Å². The van der Waals surface area contributed by atoms with Crippen LogP contribution in [-0.2, 0) is 12.6 Å². The summed E-state index contributed by atoms with van der Waals surface area (Å²) >= 11 is 7.31. The minimum atomic E-state index is -4.53. The van der Waals surface area contributed by atoms with E-state index in [-0.39, 0.29) is 5.69 Å². The molecule has 1 aliphatic heterocycles. The van der Waals surface area contributed by atoms with Gasteiger partial charge in [0.1, 0.15) is 5.82 Å². The second-order valence-electron chi connectivity index (χ2n) is 8.05. The monoisotopic (exact) mass is 524 g/mol. The number of nitrogens with one attached hydrogen (secondary N) is 2. The van der Waals surface area contributed by atoms with Crippen LogP contribution in [0.3, 0.4) is 0 Å². The van der Waals surface area contributed by atoms with Crippen molar-refractivity contribution in [2.45, 2.75) is 12.6 Å². The summed E-state index contributed by atoms with van der Waals surface area (Å²) in [5.74, 6) is 0.775. The van der Waals surface area contributed by atoms with Gasteiger partial charge in [-0.2, -0.15) is 17.5 Å². The first-order valence-electron chi connectivity index (χ1n) is 11.0. The van der Waals surface area contributed by atoms with Crippen molar-refractivity contribution in [1.82, 2.24) is 19.6 Å². The maximum Gasteiger partial charge on any atom is 0.418 e. The number of halogens is 4. The van der Waals surface area contributed by atoms with Gasteiger partial charge in [-0.3, -0.25) is 4.90 Å². The molecule has 4 rings (SSSR count). The van der Waals surface area contributed by atoms with Gasteiger partial charge in [0.2, 0.25) is 5.13 Å². The molecule has 3 aromatic rings. The molecule has 0 unspecified atom stereocenters. The Kier molecular flexibility index (Phi) is 8.09. The van der Waals surface area contributed by atoms with Crippen LogP contribution in [0.2, 0.25) is 5.02 Å². The summed E-state index contributed by atoms with van der Waals surface area (Å²) in [5.41, 5.74) is -0.0418. The largest absolute Gasteiger partial charge is 0.418 e. The first kappa shape index (κ1) is 25.2. The molecule has 0 bridgehead atoms. The molecule has 186 valence electrons. The molecule has 0 atom stereocenters. The fraction of sp³-hybridized carbons (Fsp3) is 0.348. The highest BCUT2D eigenvalue weighted by molar-refractivity contribution is 7.09. The smallest absolute Gasteiger partial charge is 0.344 e. The maximum atomic E-state index is 13.1.